The zero-order valence-electron chi connectivity index (χ0n) is 10.8. The number of benzene rings is 2. The summed E-state index contributed by atoms with van der Waals surface area (Å²) in [5.74, 6) is -0.236. The lowest BCUT2D eigenvalue weighted by Crippen LogP contribution is -2.04. The number of nitrogens with two attached hydrogens (primary N) is 1. The lowest BCUT2D eigenvalue weighted by molar-refractivity contribution is 0.625. The van der Waals surface area contributed by atoms with Gasteiger partial charge in [0.25, 0.3) is 0 Å². The fourth-order valence-corrected chi connectivity index (χ4v) is 2.95. The van der Waals surface area contributed by atoms with Crippen LogP contribution in [0.4, 0.5) is 4.39 Å². The van der Waals surface area contributed by atoms with Gasteiger partial charge in [-0.1, -0.05) is 40.2 Å². The number of rotatable bonds is 3. The SMILES string of the molecule is NCc1cccc2ccn(Cc3ccc(F)cc3Br)c12. The van der Waals surface area contributed by atoms with Gasteiger partial charge in [0, 0.05) is 23.8 Å². The highest BCUT2D eigenvalue weighted by molar-refractivity contribution is 9.10. The summed E-state index contributed by atoms with van der Waals surface area (Å²) in [4.78, 5) is 0. The molecule has 3 aromatic rings. The van der Waals surface area contributed by atoms with Gasteiger partial charge in [0.15, 0.2) is 0 Å². The van der Waals surface area contributed by atoms with E-state index in [1.807, 2.05) is 18.3 Å². The third-order valence-electron chi connectivity index (χ3n) is 3.45. The van der Waals surface area contributed by atoms with Crippen molar-refractivity contribution in [2.75, 3.05) is 0 Å². The lowest BCUT2D eigenvalue weighted by atomic mass is 10.1. The molecule has 0 saturated heterocycles. The first-order valence-electron chi connectivity index (χ1n) is 6.40. The van der Waals surface area contributed by atoms with E-state index in [1.165, 1.54) is 17.5 Å². The van der Waals surface area contributed by atoms with Crippen molar-refractivity contribution in [3.05, 3.63) is 70.1 Å². The van der Waals surface area contributed by atoms with Crippen molar-refractivity contribution >= 4 is 26.8 Å². The van der Waals surface area contributed by atoms with E-state index in [1.54, 1.807) is 6.07 Å². The van der Waals surface area contributed by atoms with E-state index in [2.05, 4.69) is 32.6 Å². The monoisotopic (exact) mass is 332 g/mol. The van der Waals surface area contributed by atoms with Crippen LogP contribution in [0.1, 0.15) is 11.1 Å². The summed E-state index contributed by atoms with van der Waals surface area (Å²) in [5, 5.41) is 1.17. The number of aromatic nitrogens is 1. The molecule has 0 amide bonds. The number of fused-ring (bicyclic) bond motifs is 1. The van der Waals surface area contributed by atoms with Gasteiger partial charge in [-0.25, -0.2) is 4.39 Å². The van der Waals surface area contributed by atoms with E-state index in [0.717, 1.165) is 21.1 Å². The number of hydrogen-bond donors (Lipinski definition) is 1. The van der Waals surface area contributed by atoms with Crippen LogP contribution >= 0.6 is 15.9 Å². The smallest absolute Gasteiger partial charge is 0.124 e. The molecular weight excluding hydrogens is 319 g/mol. The molecule has 0 atom stereocenters. The average Bonchev–Trinajstić information content (AvgIpc) is 2.85. The highest BCUT2D eigenvalue weighted by Gasteiger charge is 2.08. The van der Waals surface area contributed by atoms with Crippen molar-refractivity contribution < 1.29 is 4.39 Å². The molecule has 3 rings (SSSR count). The molecule has 102 valence electrons. The number of halogens is 2. The summed E-state index contributed by atoms with van der Waals surface area (Å²) >= 11 is 3.41. The standard InChI is InChI=1S/C16H14BrFN2/c17-15-8-14(18)5-4-13(15)10-20-7-6-11-2-1-3-12(9-19)16(11)20/h1-8H,9-10,19H2. The Hall–Kier alpha value is -1.65. The lowest BCUT2D eigenvalue weighted by Gasteiger charge is -2.10. The maximum Gasteiger partial charge on any atom is 0.124 e. The molecule has 20 heavy (non-hydrogen) atoms. The zero-order valence-corrected chi connectivity index (χ0v) is 12.4. The average molecular weight is 333 g/mol. The maximum absolute atomic E-state index is 13.1. The molecule has 0 aliphatic rings. The molecule has 0 aliphatic carbocycles. The van der Waals surface area contributed by atoms with Crippen LogP contribution < -0.4 is 5.73 Å². The highest BCUT2D eigenvalue weighted by Crippen LogP contribution is 2.24. The van der Waals surface area contributed by atoms with Gasteiger partial charge >= 0.3 is 0 Å². The third kappa shape index (κ3) is 2.37. The van der Waals surface area contributed by atoms with Crippen molar-refractivity contribution in [1.29, 1.82) is 0 Å². The molecule has 0 unspecified atom stereocenters. The molecule has 2 aromatic carbocycles. The summed E-state index contributed by atoms with van der Waals surface area (Å²) < 4.78 is 16.1. The van der Waals surface area contributed by atoms with Crippen LogP contribution in [0.15, 0.2) is 53.1 Å². The summed E-state index contributed by atoms with van der Waals surface area (Å²) in [6.45, 7) is 1.19. The molecular formula is C16H14BrFN2. The van der Waals surface area contributed by atoms with Gasteiger partial charge in [0.1, 0.15) is 5.82 Å². The Balaban J connectivity index is 2.06. The van der Waals surface area contributed by atoms with E-state index >= 15 is 0 Å². The number of hydrogen-bond acceptors (Lipinski definition) is 1. The van der Waals surface area contributed by atoms with Gasteiger partial charge in [-0.3, -0.25) is 0 Å². The van der Waals surface area contributed by atoms with E-state index in [9.17, 15) is 4.39 Å². The molecule has 0 saturated carbocycles. The predicted molar refractivity (Wildman–Crippen MR) is 83.0 cm³/mol. The van der Waals surface area contributed by atoms with Crippen molar-refractivity contribution in [3.8, 4) is 0 Å². The largest absolute Gasteiger partial charge is 0.343 e. The molecule has 1 heterocycles. The predicted octanol–water partition coefficient (Wildman–Crippen LogP) is 4.05. The van der Waals surface area contributed by atoms with Crippen LogP contribution in [0, 0.1) is 5.82 Å². The second-order valence-corrected chi connectivity index (χ2v) is 5.59. The molecule has 4 heteroatoms. The van der Waals surface area contributed by atoms with Crippen LogP contribution in [0.5, 0.6) is 0 Å². The van der Waals surface area contributed by atoms with Crippen LogP contribution in [0.3, 0.4) is 0 Å². The second kappa shape index (κ2) is 5.38. The first-order chi connectivity index (χ1) is 9.69. The molecule has 2 N–H and O–H groups in total. The van der Waals surface area contributed by atoms with Gasteiger partial charge in [-0.15, -0.1) is 0 Å². The Kier molecular flexibility index (Phi) is 3.59. The molecule has 0 radical (unpaired) electrons. The minimum Gasteiger partial charge on any atom is -0.343 e. The van der Waals surface area contributed by atoms with Crippen LogP contribution in [0.2, 0.25) is 0 Å². The Bertz CT molecular complexity index is 764. The van der Waals surface area contributed by atoms with Crippen molar-refractivity contribution in [2.24, 2.45) is 5.73 Å². The normalized spacial score (nSPS) is 11.2. The molecule has 0 bridgehead atoms. The Morgan fingerprint density at radius 1 is 1.10 bits per heavy atom. The fourth-order valence-electron chi connectivity index (χ4n) is 2.47. The summed E-state index contributed by atoms with van der Waals surface area (Å²) in [7, 11) is 0. The highest BCUT2D eigenvalue weighted by atomic mass is 79.9. The zero-order chi connectivity index (χ0) is 14.1. The third-order valence-corrected chi connectivity index (χ3v) is 4.19. The minimum atomic E-state index is -0.236. The van der Waals surface area contributed by atoms with Gasteiger partial charge in [-0.2, -0.15) is 0 Å². The second-order valence-electron chi connectivity index (χ2n) is 4.74. The quantitative estimate of drug-likeness (QED) is 0.770. The van der Waals surface area contributed by atoms with Gasteiger partial charge in [0.2, 0.25) is 0 Å². The molecule has 2 nitrogen and oxygen atoms in total. The van der Waals surface area contributed by atoms with Crippen LogP contribution in [-0.4, -0.2) is 4.57 Å². The topological polar surface area (TPSA) is 30.9 Å². The van der Waals surface area contributed by atoms with Crippen molar-refractivity contribution in [3.63, 3.8) is 0 Å². The Labute approximate surface area is 125 Å². The van der Waals surface area contributed by atoms with E-state index < -0.39 is 0 Å². The number of para-hydroxylation sites is 1. The summed E-state index contributed by atoms with van der Waals surface area (Å²) in [6, 6.07) is 13.0. The first kappa shape index (κ1) is 13.3. The summed E-state index contributed by atoms with van der Waals surface area (Å²) in [6.07, 6.45) is 2.04. The first-order valence-corrected chi connectivity index (χ1v) is 7.19. The van der Waals surface area contributed by atoms with E-state index in [-0.39, 0.29) is 5.82 Å². The minimum absolute atomic E-state index is 0.236. The van der Waals surface area contributed by atoms with E-state index in [4.69, 9.17) is 5.73 Å². The van der Waals surface area contributed by atoms with E-state index in [0.29, 0.717) is 13.1 Å². The van der Waals surface area contributed by atoms with Crippen LogP contribution in [-0.2, 0) is 13.1 Å². The van der Waals surface area contributed by atoms with Gasteiger partial charge in [0.05, 0.1) is 5.52 Å². The van der Waals surface area contributed by atoms with Crippen molar-refractivity contribution in [2.45, 2.75) is 13.1 Å². The molecule has 0 aliphatic heterocycles. The number of nitrogens with zero attached hydrogens (tertiary/aromatic N) is 1. The molecule has 1 aromatic heterocycles. The van der Waals surface area contributed by atoms with Gasteiger partial charge < -0.3 is 10.3 Å². The Morgan fingerprint density at radius 3 is 2.70 bits per heavy atom. The van der Waals surface area contributed by atoms with Crippen LogP contribution in [0.25, 0.3) is 10.9 Å². The molecule has 0 fully saturated rings. The molecule has 0 spiro atoms. The van der Waals surface area contributed by atoms with Crippen molar-refractivity contribution in [1.82, 2.24) is 4.57 Å². The fraction of sp³-hybridized carbons (Fsp3) is 0.125. The summed E-state index contributed by atoms with van der Waals surface area (Å²) in [5.41, 5.74) is 9.11. The maximum atomic E-state index is 13.1. The Morgan fingerprint density at radius 2 is 1.95 bits per heavy atom. The van der Waals surface area contributed by atoms with Gasteiger partial charge in [-0.05, 0) is 34.7 Å².